The molecule has 0 bridgehead atoms. The number of hydrogen-bond acceptors (Lipinski definition) is 3. The number of hydrogen-bond donors (Lipinski definition) is 0. The van der Waals surface area contributed by atoms with E-state index < -0.39 is 0 Å². The van der Waals surface area contributed by atoms with Crippen LogP contribution in [0.2, 0.25) is 0 Å². The molecular weight excluding hydrogens is 350 g/mol. The molecule has 0 atom stereocenters. The maximum atomic E-state index is 11.9. The number of rotatable bonds is 3. The zero-order chi connectivity index (χ0) is 19.7. The number of amides is 1. The maximum absolute atomic E-state index is 11.9. The van der Waals surface area contributed by atoms with E-state index in [1.165, 1.54) is 34.9 Å². The molecule has 0 N–H and O–H groups in total. The molecule has 2 aliphatic rings. The molecule has 0 spiro atoms. The van der Waals surface area contributed by atoms with Crippen LogP contribution in [0.25, 0.3) is 10.9 Å². The Kier molecular flexibility index (Phi) is 5.63. The van der Waals surface area contributed by atoms with Crippen LogP contribution in [0.3, 0.4) is 0 Å². The topological polar surface area (TPSA) is 37.7 Å². The Bertz CT molecular complexity index is 828. The second-order valence-electron chi connectivity index (χ2n) is 8.39. The average Bonchev–Trinajstić information content (AvgIpc) is 3.06. The van der Waals surface area contributed by atoms with E-state index in [9.17, 15) is 4.79 Å². The molecule has 1 aromatic carbocycles. The lowest BCUT2D eigenvalue weighted by atomic mass is 9.87. The van der Waals surface area contributed by atoms with Gasteiger partial charge in [0.15, 0.2) is 0 Å². The number of ether oxygens (including phenoxy) is 1. The Morgan fingerprint density at radius 3 is 2.50 bits per heavy atom. The molecule has 28 heavy (non-hydrogen) atoms. The van der Waals surface area contributed by atoms with Gasteiger partial charge >= 0.3 is 6.09 Å². The van der Waals surface area contributed by atoms with E-state index in [1.54, 1.807) is 0 Å². The third-order valence-corrected chi connectivity index (χ3v) is 6.71. The van der Waals surface area contributed by atoms with Crippen molar-refractivity contribution in [3.8, 4) is 0 Å². The van der Waals surface area contributed by atoms with Crippen LogP contribution >= 0.6 is 0 Å². The fraction of sp³-hybridized carbons (Fsp3) is 0.609. The van der Waals surface area contributed by atoms with Gasteiger partial charge in [-0.25, -0.2) is 4.79 Å². The summed E-state index contributed by atoms with van der Waals surface area (Å²) in [5.41, 5.74) is 4.27. The van der Waals surface area contributed by atoms with Gasteiger partial charge in [-0.3, -0.25) is 0 Å². The van der Waals surface area contributed by atoms with Crippen molar-refractivity contribution in [2.45, 2.75) is 51.5 Å². The highest BCUT2D eigenvalue weighted by Gasteiger charge is 2.31. The van der Waals surface area contributed by atoms with Crippen molar-refractivity contribution < 1.29 is 9.53 Å². The number of fused-ring (bicyclic) bond motifs is 1. The van der Waals surface area contributed by atoms with Gasteiger partial charge in [-0.15, -0.1) is 0 Å². The molecule has 0 radical (unpaired) electrons. The van der Waals surface area contributed by atoms with E-state index in [1.807, 2.05) is 11.8 Å². The van der Waals surface area contributed by atoms with Gasteiger partial charge in [-0.1, -0.05) is 18.2 Å². The largest absolute Gasteiger partial charge is 0.450 e. The highest BCUT2D eigenvalue weighted by Crippen LogP contribution is 2.36. The molecule has 152 valence electrons. The van der Waals surface area contributed by atoms with Gasteiger partial charge in [0.1, 0.15) is 0 Å². The fourth-order valence-corrected chi connectivity index (χ4v) is 5.23. The van der Waals surface area contributed by atoms with Crippen LogP contribution in [0.1, 0.15) is 49.7 Å². The minimum atomic E-state index is -0.147. The normalized spacial score (nSPS) is 20.0. The number of benzene rings is 1. The van der Waals surface area contributed by atoms with Crippen LogP contribution in [0.5, 0.6) is 0 Å². The van der Waals surface area contributed by atoms with Gasteiger partial charge in [0.25, 0.3) is 0 Å². The lowest BCUT2D eigenvalue weighted by molar-refractivity contribution is 0.0663. The number of carbonyl (C=O) groups is 1. The molecule has 4 rings (SSSR count). The second kappa shape index (κ2) is 8.16. The van der Waals surface area contributed by atoms with Crippen molar-refractivity contribution in [3.63, 3.8) is 0 Å². The Labute approximate surface area is 168 Å². The number of para-hydroxylation sites is 1. The molecule has 3 heterocycles. The van der Waals surface area contributed by atoms with Crippen molar-refractivity contribution in [1.29, 1.82) is 0 Å². The second-order valence-corrected chi connectivity index (χ2v) is 8.39. The summed E-state index contributed by atoms with van der Waals surface area (Å²) in [5, 5.41) is 1.43. The first-order valence-electron chi connectivity index (χ1n) is 10.8. The number of likely N-dealkylation sites (tertiary alicyclic amines) is 2. The average molecular weight is 384 g/mol. The third-order valence-electron chi connectivity index (χ3n) is 6.71. The van der Waals surface area contributed by atoms with Crippen LogP contribution in [-0.4, -0.2) is 59.3 Å². The highest BCUT2D eigenvalue weighted by molar-refractivity contribution is 5.87. The quantitative estimate of drug-likeness (QED) is 0.794. The smallest absolute Gasteiger partial charge is 0.409 e. The van der Waals surface area contributed by atoms with Crippen LogP contribution in [0.4, 0.5) is 4.79 Å². The summed E-state index contributed by atoms with van der Waals surface area (Å²) in [7, 11) is 2.17. The van der Waals surface area contributed by atoms with Crippen molar-refractivity contribution in [1.82, 2.24) is 14.4 Å². The van der Waals surface area contributed by atoms with Gasteiger partial charge in [0, 0.05) is 37.8 Å². The summed E-state index contributed by atoms with van der Waals surface area (Å²) in [6.07, 6.45) is 6.80. The van der Waals surface area contributed by atoms with Crippen LogP contribution in [0.15, 0.2) is 24.4 Å². The van der Waals surface area contributed by atoms with E-state index in [2.05, 4.69) is 47.8 Å². The molecule has 2 aliphatic heterocycles. The van der Waals surface area contributed by atoms with Crippen LogP contribution < -0.4 is 0 Å². The third kappa shape index (κ3) is 3.64. The number of aromatic nitrogens is 1. The van der Waals surface area contributed by atoms with Gasteiger partial charge < -0.3 is 19.1 Å². The fourth-order valence-electron chi connectivity index (χ4n) is 5.23. The molecule has 5 heteroatoms. The summed E-state index contributed by atoms with van der Waals surface area (Å²) in [5.74, 6) is 0.654. The molecule has 2 aromatic rings. The Balaban J connectivity index is 1.36. The highest BCUT2D eigenvalue weighted by atomic mass is 16.6. The predicted octanol–water partition coefficient (Wildman–Crippen LogP) is 4.29. The standard InChI is InChI=1S/C23H33N3O2/c1-4-28-23(27)26-14-10-19(11-15-26)25-12-8-18(9-13-25)21-16-24(3)22-17(2)6-5-7-20(21)22/h5-7,16,18-19H,4,8-15H2,1-3H3. The molecule has 2 saturated heterocycles. The first-order chi connectivity index (χ1) is 13.6. The number of piperidine rings is 2. The Hall–Kier alpha value is -2.01. The van der Waals surface area contributed by atoms with E-state index in [4.69, 9.17) is 4.74 Å². The zero-order valence-electron chi connectivity index (χ0n) is 17.5. The lowest BCUT2D eigenvalue weighted by Gasteiger charge is -2.41. The number of nitrogens with zero attached hydrogens (tertiary/aromatic N) is 3. The summed E-state index contributed by atoms with van der Waals surface area (Å²) in [6, 6.07) is 7.29. The maximum Gasteiger partial charge on any atom is 0.409 e. The van der Waals surface area contributed by atoms with Crippen LogP contribution in [-0.2, 0) is 11.8 Å². The number of aryl methyl sites for hydroxylation is 2. The molecule has 0 saturated carbocycles. The van der Waals surface area contributed by atoms with Crippen molar-refractivity contribution in [2.75, 3.05) is 32.8 Å². The molecule has 0 aliphatic carbocycles. The molecule has 1 aromatic heterocycles. The summed E-state index contributed by atoms with van der Waals surface area (Å²) < 4.78 is 7.45. The lowest BCUT2D eigenvalue weighted by Crippen LogP contribution is -2.48. The minimum absolute atomic E-state index is 0.147. The van der Waals surface area contributed by atoms with E-state index >= 15 is 0 Å². The van der Waals surface area contributed by atoms with Gasteiger partial charge in [-0.05, 0) is 69.7 Å². The first kappa shape index (κ1) is 19.3. The summed E-state index contributed by atoms with van der Waals surface area (Å²) in [4.78, 5) is 16.4. The predicted molar refractivity (Wildman–Crippen MR) is 113 cm³/mol. The summed E-state index contributed by atoms with van der Waals surface area (Å²) in [6.45, 7) is 8.51. The van der Waals surface area contributed by atoms with Crippen molar-refractivity contribution >= 4 is 17.0 Å². The van der Waals surface area contributed by atoms with Gasteiger partial charge in [0.2, 0.25) is 0 Å². The number of carbonyl (C=O) groups excluding carboxylic acids is 1. The van der Waals surface area contributed by atoms with E-state index in [0.717, 1.165) is 39.0 Å². The molecule has 5 nitrogen and oxygen atoms in total. The first-order valence-corrected chi connectivity index (χ1v) is 10.8. The van der Waals surface area contributed by atoms with Crippen LogP contribution in [0, 0.1) is 6.92 Å². The SMILES string of the molecule is CCOC(=O)N1CCC(N2CCC(c3cn(C)c4c(C)cccc34)CC2)CC1. The molecule has 0 unspecified atom stereocenters. The monoisotopic (exact) mass is 383 g/mol. The van der Waals surface area contributed by atoms with Crippen molar-refractivity contribution in [3.05, 3.63) is 35.5 Å². The molecule has 2 fully saturated rings. The minimum Gasteiger partial charge on any atom is -0.450 e. The Morgan fingerprint density at radius 2 is 1.82 bits per heavy atom. The van der Waals surface area contributed by atoms with Gasteiger partial charge in [-0.2, -0.15) is 0 Å². The van der Waals surface area contributed by atoms with Crippen molar-refractivity contribution in [2.24, 2.45) is 7.05 Å². The molecular formula is C23H33N3O2. The van der Waals surface area contributed by atoms with E-state index in [-0.39, 0.29) is 6.09 Å². The van der Waals surface area contributed by atoms with Gasteiger partial charge in [0.05, 0.1) is 12.1 Å². The zero-order valence-corrected chi connectivity index (χ0v) is 17.5. The summed E-state index contributed by atoms with van der Waals surface area (Å²) >= 11 is 0. The molecule has 1 amide bonds. The van der Waals surface area contributed by atoms with E-state index in [0.29, 0.717) is 18.6 Å². The Morgan fingerprint density at radius 1 is 1.11 bits per heavy atom.